The minimum Gasteiger partial charge on any atom is -0.311 e. The van der Waals surface area contributed by atoms with E-state index in [0.29, 0.717) is 5.92 Å². The van der Waals surface area contributed by atoms with Crippen molar-refractivity contribution in [3.05, 3.63) is 24.2 Å². The van der Waals surface area contributed by atoms with Crippen molar-refractivity contribution in [1.82, 2.24) is 24.3 Å². The van der Waals surface area contributed by atoms with Gasteiger partial charge < -0.3 is 14.4 Å². The summed E-state index contributed by atoms with van der Waals surface area (Å²) in [5.74, 6) is 1.75. The number of likely N-dealkylation sites (N-methyl/N-ethyl adjacent to an activating group) is 2. The Labute approximate surface area is 126 Å². The summed E-state index contributed by atoms with van der Waals surface area (Å²) >= 11 is 0. The van der Waals surface area contributed by atoms with Gasteiger partial charge in [-0.25, -0.2) is 9.97 Å². The molecule has 1 saturated heterocycles. The third-order valence-electron chi connectivity index (χ3n) is 4.29. The van der Waals surface area contributed by atoms with Crippen molar-refractivity contribution in [3.8, 4) is 0 Å². The van der Waals surface area contributed by atoms with Gasteiger partial charge in [0.1, 0.15) is 11.3 Å². The second-order valence-electron chi connectivity index (χ2n) is 6.37. The number of fused-ring (bicyclic) bond motifs is 1. The van der Waals surface area contributed by atoms with E-state index in [1.54, 1.807) is 0 Å². The van der Waals surface area contributed by atoms with Crippen LogP contribution in [0.3, 0.4) is 0 Å². The van der Waals surface area contributed by atoms with Crippen molar-refractivity contribution in [1.29, 1.82) is 0 Å². The minimum absolute atomic E-state index is 0.528. The largest absolute Gasteiger partial charge is 0.311 e. The van der Waals surface area contributed by atoms with Crippen molar-refractivity contribution >= 4 is 11.2 Å². The first-order valence-electron chi connectivity index (χ1n) is 7.79. The Kier molecular flexibility index (Phi) is 4.22. The van der Waals surface area contributed by atoms with Gasteiger partial charge in [0.15, 0.2) is 5.65 Å². The van der Waals surface area contributed by atoms with Gasteiger partial charge in [-0.3, -0.25) is 0 Å². The van der Waals surface area contributed by atoms with Gasteiger partial charge in [-0.2, -0.15) is 0 Å². The molecule has 1 aliphatic rings. The normalized spacial score (nSPS) is 20.5. The van der Waals surface area contributed by atoms with E-state index >= 15 is 0 Å². The average Bonchev–Trinajstić information content (AvgIpc) is 2.84. The number of nitrogens with zero attached hydrogens (tertiary/aromatic N) is 5. The zero-order chi connectivity index (χ0) is 14.8. The highest BCUT2D eigenvalue weighted by Crippen LogP contribution is 2.28. The standard InChI is InChI=1S/C16H25N5/c1-19(2)10-11-21-15(13-6-5-9-20(3)12-13)18-14-7-4-8-17-16(14)21/h4,7-8,13H,5-6,9-12H2,1-3H3. The van der Waals surface area contributed by atoms with E-state index in [0.717, 1.165) is 30.8 Å². The van der Waals surface area contributed by atoms with E-state index in [-0.39, 0.29) is 0 Å². The molecule has 114 valence electrons. The maximum absolute atomic E-state index is 4.90. The molecule has 1 fully saturated rings. The van der Waals surface area contributed by atoms with Gasteiger partial charge in [0.25, 0.3) is 0 Å². The molecule has 0 aromatic carbocycles. The summed E-state index contributed by atoms with van der Waals surface area (Å²) in [6.07, 6.45) is 4.36. The Hall–Kier alpha value is -1.46. The van der Waals surface area contributed by atoms with E-state index in [4.69, 9.17) is 4.98 Å². The van der Waals surface area contributed by atoms with Crippen LogP contribution in [0.1, 0.15) is 24.6 Å². The number of likely N-dealkylation sites (tertiary alicyclic amines) is 1. The summed E-state index contributed by atoms with van der Waals surface area (Å²) in [5.41, 5.74) is 2.06. The van der Waals surface area contributed by atoms with Gasteiger partial charge in [-0.15, -0.1) is 0 Å². The van der Waals surface area contributed by atoms with Crippen LogP contribution in [0.2, 0.25) is 0 Å². The molecule has 1 atom stereocenters. The number of pyridine rings is 1. The van der Waals surface area contributed by atoms with Crippen LogP contribution in [-0.2, 0) is 6.54 Å². The van der Waals surface area contributed by atoms with Crippen molar-refractivity contribution < 1.29 is 0 Å². The lowest BCUT2D eigenvalue weighted by Crippen LogP contribution is -2.32. The summed E-state index contributed by atoms with van der Waals surface area (Å²) in [7, 11) is 6.43. The first kappa shape index (κ1) is 14.5. The molecule has 1 aliphatic heterocycles. The highest BCUT2D eigenvalue weighted by molar-refractivity contribution is 5.71. The molecular weight excluding hydrogens is 262 g/mol. The molecule has 2 aromatic heterocycles. The Morgan fingerprint density at radius 3 is 3.00 bits per heavy atom. The third-order valence-corrected chi connectivity index (χ3v) is 4.29. The molecular formula is C16H25N5. The molecule has 0 saturated carbocycles. The smallest absolute Gasteiger partial charge is 0.160 e. The molecule has 21 heavy (non-hydrogen) atoms. The minimum atomic E-state index is 0.528. The molecule has 3 heterocycles. The van der Waals surface area contributed by atoms with Crippen LogP contribution in [0, 0.1) is 0 Å². The highest BCUT2D eigenvalue weighted by Gasteiger charge is 2.24. The van der Waals surface area contributed by atoms with E-state index in [9.17, 15) is 0 Å². The molecule has 0 radical (unpaired) electrons. The number of hydrogen-bond acceptors (Lipinski definition) is 4. The maximum Gasteiger partial charge on any atom is 0.160 e. The summed E-state index contributed by atoms with van der Waals surface area (Å²) < 4.78 is 2.33. The third kappa shape index (κ3) is 3.09. The number of rotatable bonds is 4. The molecule has 0 N–H and O–H groups in total. The fourth-order valence-electron chi connectivity index (χ4n) is 3.19. The van der Waals surface area contributed by atoms with Gasteiger partial charge in [-0.1, -0.05) is 0 Å². The van der Waals surface area contributed by atoms with Gasteiger partial charge >= 0.3 is 0 Å². The van der Waals surface area contributed by atoms with Crippen LogP contribution in [0.25, 0.3) is 11.2 Å². The van der Waals surface area contributed by atoms with Crippen molar-refractivity contribution in [2.45, 2.75) is 25.3 Å². The Balaban J connectivity index is 1.97. The molecule has 0 bridgehead atoms. The summed E-state index contributed by atoms with van der Waals surface area (Å²) in [6.45, 7) is 4.27. The zero-order valence-electron chi connectivity index (χ0n) is 13.3. The number of piperidine rings is 1. The van der Waals surface area contributed by atoms with Gasteiger partial charge in [0.2, 0.25) is 0 Å². The Morgan fingerprint density at radius 2 is 2.24 bits per heavy atom. The maximum atomic E-state index is 4.90. The predicted octanol–water partition coefficient (Wildman–Crippen LogP) is 1.80. The lowest BCUT2D eigenvalue weighted by atomic mass is 9.97. The molecule has 2 aromatic rings. The van der Waals surface area contributed by atoms with E-state index in [1.165, 1.54) is 25.2 Å². The van der Waals surface area contributed by atoms with E-state index in [2.05, 4.69) is 46.6 Å². The van der Waals surface area contributed by atoms with Gasteiger partial charge in [-0.05, 0) is 52.7 Å². The summed E-state index contributed by atoms with van der Waals surface area (Å²) in [5, 5.41) is 0. The Morgan fingerprint density at radius 1 is 1.38 bits per heavy atom. The molecule has 1 unspecified atom stereocenters. The summed E-state index contributed by atoms with van der Waals surface area (Å²) in [4.78, 5) is 14.1. The quantitative estimate of drug-likeness (QED) is 0.859. The Bertz CT molecular complexity index is 604. The first-order valence-corrected chi connectivity index (χ1v) is 7.79. The molecule has 5 heteroatoms. The fourth-order valence-corrected chi connectivity index (χ4v) is 3.19. The van der Waals surface area contributed by atoms with E-state index < -0.39 is 0 Å². The van der Waals surface area contributed by atoms with E-state index in [1.807, 2.05) is 12.3 Å². The second kappa shape index (κ2) is 6.12. The zero-order valence-corrected chi connectivity index (χ0v) is 13.3. The summed E-state index contributed by atoms with van der Waals surface area (Å²) in [6, 6.07) is 4.05. The molecule has 0 aliphatic carbocycles. The van der Waals surface area contributed by atoms with Crippen LogP contribution in [-0.4, -0.2) is 65.1 Å². The highest BCUT2D eigenvalue weighted by atomic mass is 15.2. The SMILES string of the molecule is CN(C)CCn1c(C2CCCN(C)C2)nc2cccnc21. The molecule has 0 spiro atoms. The van der Waals surface area contributed by atoms with Gasteiger partial charge in [0.05, 0.1) is 0 Å². The molecule has 5 nitrogen and oxygen atoms in total. The molecule has 3 rings (SSSR count). The number of aromatic nitrogens is 3. The number of imidazole rings is 1. The monoisotopic (exact) mass is 287 g/mol. The second-order valence-corrected chi connectivity index (χ2v) is 6.37. The van der Waals surface area contributed by atoms with Crippen LogP contribution in [0.15, 0.2) is 18.3 Å². The first-order chi connectivity index (χ1) is 10.1. The van der Waals surface area contributed by atoms with Crippen molar-refractivity contribution in [2.24, 2.45) is 0 Å². The van der Waals surface area contributed by atoms with Crippen LogP contribution >= 0.6 is 0 Å². The topological polar surface area (TPSA) is 37.2 Å². The fraction of sp³-hybridized carbons (Fsp3) is 0.625. The lowest BCUT2D eigenvalue weighted by molar-refractivity contribution is 0.242. The van der Waals surface area contributed by atoms with Crippen molar-refractivity contribution in [2.75, 3.05) is 40.8 Å². The van der Waals surface area contributed by atoms with Gasteiger partial charge in [0, 0.05) is 31.7 Å². The lowest BCUT2D eigenvalue weighted by Gasteiger charge is -2.29. The number of hydrogen-bond donors (Lipinski definition) is 0. The average molecular weight is 287 g/mol. The predicted molar refractivity (Wildman–Crippen MR) is 85.6 cm³/mol. The molecule has 0 amide bonds. The van der Waals surface area contributed by atoms with Crippen LogP contribution in [0.4, 0.5) is 0 Å². The van der Waals surface area contributed by atoms with Crippen LogP contribution < -0.4 is 0 Å². The van der Waals surface area contributed by atoms with Crippen molar-refractivity contribution in [3.63, 3.8) is 0 Å². The van der Waals surface area contributed by atoms with Crippen LogP contribution in [0.5, 0.6) is 0 Å².